The Balaban J connectivity index is 1.90. The highest BCUT2D eigenvalue weighted by Gasteiger charge is 2.35. The van der Waals surface area contributed by atoms with E-state index in [9.17, 15) is 0 Å². The number of aromatic nitrogens is 2. The van der Waals surface area contributed by atoms with Gasteiger partial charge in [-0.3, -0.25) is 4.68 Å². The number of alkyl halides is 1. The predicted octanol–water partition coefficient (Wildman–Crippen LogP) is 2.76. The van der Waals surface area contributed by atoms with E-state index in [0.29, 0.717) is 5.41 Å². The molecule has 0 aromatic carbocycles. The van der Waals surface area contributed by atoms with Crippen LogP contribution in [0.15, 0.2) is 12.3 Å². The molecule has 1 aromatic heterocycles. The summed E-state index contributed by atoms with van der Waals surface area (Å²) in [5.41, 5.74) is 1.77. The number of rotatable bonds is 4. The lowest BCUT2D eigenvalue weighted by Crippen LogP contribution is -2.31. The van der Waals surface area contributed by atoms with E-state index in [2.05, 4.69) is 11.2 Å². The molecular weight excluding hydrogens is 196 g/mol. The molecule has 1 aromatic rings. The van der Waals surface area contributed by atoms with E-state index in [0.717, 1.165) is 12.3 Å². The Morgan fingerprint density at radius 1 is 1.57 bits per heavy atom. The van der Waals surface area contributed by atoms with Crippen molar-refractivity contribution >= 4 is 11.6 Å². The second-order valence-electron chi connectivity index (χ2n) is 4.43. The smallest absolute Gasteiger partial charge is 0.0492 e. The van der Waals surface area contributed by atoms with Gasteiger partial charge in [-0.1, -0.05) is 6.42 Å². The Morgan fingerprint density at radius 2 is 2.36 bits per heavy atom. The van der Waals surface area contributed by atoms with Crippen LogP contribution in [0.3, 0.4) is 0 Å². The second-order valence-corrected chi connectivity index (χ2v) is 4.70. The zero-order valence-electron chi connectivity index (χ0n) is 8.67. The van der Waals surface area contributed by atoms with Gasteiger partial charge in [-0.15, -0.1) is 11.6 Å². The summed E-state index contributed by atoms with van der Waals surface area (Å²) in [4.78, 5) is 0. The van der Waals surface area contributed by atoms with E-state index in [4.69, 9.17) is 11.6 Å². The SMILES string of the molecule is Cn1nccc1CCC1(CCl)CCC1. The molecule has 14 heavy (non-hydrogen) atoms. The topological polar surface area (TPSA) is 17.8 Å². The number of aryl methyl sites for hydroxylation is 2. The molecule has 0 unspecified atom stereocenters. The van der Waals surface area contributed by atoms with Crippen molar-refractivity contribution < 1.29 is 0 Å². The molecule has 0 N–H and O–H groups in total. The van der Waals surface area contributed by atoms with Crippen LogP contribution in [0.25, 0.3) is 0 Å². The van der Waals surface area contributed by atoms with Gasteiger partial charge in [-0.05, 0) is 37.2 Å². The van der Waals surface area contributed by atoms with Crippen molar-refractivity contribution in [2.24, 2.45) is 12.5 Å². The van der Waals surface area contributed by atoms with E-state index in [1.54, 1.807) is 0 Å². The maximum atomic E-state index is 6.02. The average molecular weight is 213 g/mol. The van der Waals surface area contributed by atoms with Gasteiger partial charge in [0.15, 0.2) is 0 Å². The summed E-state index contributed by atoms with van der Waals surface area (Å²) in [5.74, 6) is 0.824. The fourth-order valence-electron chi connectivity index (χ4n) is 2.17. The molecule has 1 aliphatic carbocycles. The minimum atomic E-state index is 0.450. The van der Waals surface area contributed by atoms with E-state index in [1.807, 2.05) is 17.9 Å². The zero-order chi connectivity index (χ0) is 10.0. The quantitative estimate of drug-likeness (QED) is 0.702. The Morgan fingerprint density at radius 3 is 2.79 bits per heavy atom. The molecule has 2 rings (SSSR count). The van der Waals surface area contributed by atoms with Crippen LogP contribution in [0.1, 0.15) is 31.4 Å². The van der Waals surface area contributed by atoms with Gasteiger partial charge in [0.2, 0.25) is 0 Å². The van der Waals surface area contributed by atoms with E-state index in [-0.39, 0.29) is 0 Å². The molecule has 0 amide bonds. The normalized spacial score (nSPS) is 19.3. The van der Waals surface area contributed by atoms with Crippen LogP contribution in [0.2, 0.25) is 0 Å². The lowest BCUT2D eigenvalue weighted by Gasteiger charge is -2.40. The molecule has 1 heterocycles. The number of hydrogen-bond acceptors (Lipinski definition) is 1. The molecule has 1 fully saturated rings. The Labute approximate surface area is 90.3 Å². The van der Waals surface area contributed by atoms with Crippen LogP contribution in [-0.2, 0) is 13.5 Å². The number of nitrogens with zero attached hydrogens (tertiary/aromatic N) is 2. The summed E-state index contributed by atoms with van der Waals surface area (Å²) >= 11 is 6.02. The monoisotopic (exact) mass is 212 g/mol. The van der Waals surface area contributed by atoms with Crippen molar-refractivity contribution in [3.05, 3.63) is 18.0 Å². The first-order valence-electron chi connectivity index (χ1n) is 5.29. The average Bonchev–Trinajstić information content (AvgIpc) is 2.51. The van der Waals surface area contributed by atoms with Gasteiger partial charge in [0.05, 0.1) is 0 Å². The van der Waals surface area contributed by atoms with Crippen molar-refractivity contribution in [3.63, 3.8) is 0 Å². The van der Waals surface area contributed by atoms with Gasteiger partial charge in [0.25, 0.3) is 0 Å². The molecule has 0 radical (unpaired) electrons. The molecule has 0 spiro atoms. The molecule has 1 aliphatic rings. The lowest BCUT2D eigenvalue weighted by molar-refractivity contribution is 0.151. The third-order valence-corrected chi connectivity index (χ3v) is 4.10. The highest BCUT2D eigenvalue weighted by atomic mass is 35.5. The third-order valence-electron chi connectivity index (χ3n) is 3.53. The number of halogens is 1. The van der Waals surface area contributed by atoms with Gasteiger partial charge in [-0.2, -0.15) is 5.10 Å². The summed E-state index contributed by atoms with van der Waals surface area (Å²) in [6.45, 7) is 0. The lowest BCUT2D eigenvalue weighted by atomic mass is 9.67. The first-order valence-corrected chi connectivity index (χ1v) is 5.82. The van der Waals surface area contributed by atoms with Crippen LogP contribution >= 0.6 is 11.6 Å². The molecule has 0 atom stereocenters. The number of hydrogen-bond donors (Lipinski definition) is 0. The van der Waals surface area contributed by atoms with E-state index >= 15 is 0 Å². The van der Waals surface area contributed by atoms with Gasteiger partial charge in [-0.25, -0.2) is 0 Å². The van der Waals surface area contributed by atoms with Gasteiger partial charge in [0, 0.05) is 24.8 Å². The maximum absolute atomic E-state index is 6.02. The van der Waals surface area contributed by atoms with Gasteiger partial charge in [0.1, 0.15) is 0 Å². The molecule has 0 saturated heterocycles. The molecule has 3 heteroatoms. The summed E-state index contributed by atoms with van der Waals surface area (Å²) in [7, 11) is 2.00. The Kier molecular flexibility index (Phi) is 2.82. The molecule has 0 bridgehead atoms. The van der Waals surface area contributed by atoms with Crippen molar-refractivity contribution in [3.8, 4) is 0 Å². The maximum Gasteiger partial charge on any atom is 0.0492 e. The molecule has 2 nitrogen and oxygen atoms in total. The van der Waals surface area contributed by atoms with Crippen LogP contribution in [-0.4, -0.2) is 15.7 Å². The second kappa shape index (κ2) is 3.93. The standard InChI is InChI=1S/C11H17ClN2/c1-14-10(4-8-13-14)3-7-11(9-12)5-2-6-11/h4,8H,2-3,5-7,9H2,1H3. The summed E-state index contributed by atoms with van der Waals surface area (Å²) in [6, 6.07) is 2.10. The zero-order valence-corrected chi connectivity index (χ0v) is 9.43. The van der Waals surface area contributed by atoms with Crippen LogP contribution in [0.4, 0.5) is 0 Å². The third kappa shape index (κ3) is 1.81. The largest absolute Gasteiger partial charge is 0.273 e. The summed E-state index contributed by atoms with van der Waals surface area (Å²) in [6.07, 6.45) is 8.18. The fraction of sp³-hybridized carbons (Fsp3) is 0.727. The Hall–Kier alpha value is -0.500. The highest BCUT2D eigenvalue weighted by molar-refractivity contribution is 6.18. The Bertz CT molecular complexity index is 296. The van der Waals surface area contributed by atoms with E-state index in [1.165, 1.54) is 31.4 Å². The molecule has 0 aliphatic heterocycles. The molecular formula is C11H17ClN2. The van der Waals surface area contributed by atoms with Crippen molar-refractivity contribution in [1.29, 1.82) is 0 Å². The first-order chi connectivity index (χ1) is 6.76. The fourth-order valence-corrected chi connectivity index (χ4v) is 2.57. The van der Waals surface area contributed by atoms with Crippen molar-refractivity contribution in [2.75, 3.05) is 5.88 Å². The predicted molar refractivity (Wildman–Crippen MR) is 58.5 cm³/mol. The molecule has 1 saturated carbocycles. The summed E-state index contributed by atoms with van der Waals surface area (Å²) in [5, 5.41) is 4.17. The molecule has 78 valence electrons. The van der Waals surface area contributed by atoms with Crippen molar-refractivity contribution in [1.82, 2.24) is 9.78 Å². The van der Waals surface area contributed by atoms with Crippen LogP contribution in [0.5, 0.6) is 0 Å². The highest BCUT2D eigenvalue weighted by Crippen LogP contribution is 2.45. The van der Waals surface area contributed by atoms with Crippen LogP contribution in [0, 0.1) is 5.41 Å². The van der Waals surface area contributed by atoms with E-state index < -0.39 is 0 Å². The van der Waals surface area contributed by atoms with Gasteiger partial charge >= 0.3 is 0 Å². The first kappa shape index (κ1) is 10.0. The van der Waals surface area contributed by atoms with Crippen molar-refractivity contribution in [2.45, 2.75) is 32.1 Å². The summed E-state index contributed by atoms with van der Waals surface area (Å²) < 4.78 is 1.96. The van der Waals surface area contributed by atoms with Gasteiger partial charge < -0.3 is 0 Å². The minimum absolute atomic E-state index is 0.450. The van der Waals surface area contributed by atoms with Crippen LogP contribution < -0.4 is 0 Å². The minimum Gasteiger partial charge on any atom is -0.273 e.